The standard InChI is InChI=1S/C19H21F3N2O/c20-19(21,22)17-9-5-4-8-16(17)14-18(25)24(13-11-23)12-10-15-6-2-1-3-7-15/h1-9H,10-14,23H2. The lowest BCUT2D eigenvalue weighted by molar-refractivity contribution is -0.138. The zero-order chi connectivity index (χ0) is 18.3. The van der Waals surface area contributed by atoms with E-state index in [0.717, 1.165) is 11.6 Å². The number of carbonyl (C=O) groups is 1. The highest BCUT2D eigenvalue weighted by Gasteiger charge is 2.33. The Morgan fingerprint density at radius 1 is 0.960 bits per heavy atom. The number of amides is 1. The Bertz CT molecular complexity index is 687. The number of benzene rings is 2. The Hall–Kier alpha value is -2.34. The van der Waals surface area contributed by atoms with E-state index >= 15 is 0 Å². The van der Waals surface area contributed by atoms with Gasteiger partial charge < -0.3 is 10.6 Å². The van der Waals surface area contributed by atoms with Crippen molar-refractivity contribution in [2.75, 3.05) is 19.6 Å². The first kappa shape index (κ1) is 19.0. The average Bonchev–Trinajstić information content (AvgIpc) is 2.59. The van der Waals surface area contributed by atoms with Gasteiger partial charge in [0.15, 0.2) is 0 Å². The summed E-state index contributed by atoms with van der Waals surface area (Å²) >= 11 is 0. The summed E-state index contributed by atoms with van der Waals surface area (Å²) in [5.74, 6) is -0.349. The minimum atomic E-state index is -4.47. The molecule has 0 saturated carbocycles. The Morgan fingerprint density at radius 3 is 2.24 bits per heavy atom. The fourth-order valence-electron chi connectivity index (χ4n) is 2.65. The number of nitrogens with two attached hydrogens (primary N) is 1. The van der Waals surface area contributed by atoms with Crippen molar-refractivity contribution in [3.8, 4) is 0 Å². The molecule has 0 unspecified atom stereocenters. The second-order valence-corrected chi connectivity index (χ2v) is 5.74. The number of alkyl halides is 3. The molecule has 2 N–H and O–H groups in total. The van der Waals surface area contributed by atoms with Gasteiger partial charge in [-0.15, -0.1) is 0 Å². The van der Waals surface area contributed by atoms with Gasteiger partial charge in [-0.2, -0.15) is 13.2 Å². The largest absolute Gasteiger partial charge is 0.416 e. The predicted molar refractivity (Wildman–Crippen MR) is 90.9 cm³/mol. The maximum Gasteiger partial charge on any atom is 0.416 e. The second-order valence-electron chi connectivity index (χ2n) is 5.74. The summed E-state index contributed by atoms with van der Waals surface area (Å²) in [7, 11) is 0. The fourth-order valence-corrected chi connectivity index (χ4v) is 2.65. The molecule has 1 amide bonds. The first-order valence-electron chi connectivity index (χ1n) is 8.08. The molecule has 134 valence electrons. The lowest BCUT2D eigenvalue weighted by Gasteiger charge is -2.23. The number of halogens is 3. The van der Waals surface area contributed by atoms with Crippen LogP contribution in [0.15, 0.2) is 54.6 Å². The van der Waals surface area contributed by atoms with Crippen molar-refractivity contribution in [1.82, 2.24) is 4.90 Å². The van der Waals surface area contributed by atoms with Crippen LogP contribution in [0.4, 0.5) is 13.2 Å². The summed E-state index contributed by atoms with van der Waals surface area (Å²) in [5.41, 5.74) is 5.84. The van der Waals surface area contributed by atoms with Crippen LogP contribution < -0.4 is 5.73 Å². The lowest BCUT2D eigenvalue weighted by atomic mass is 10.0. The number of hydrogen-bond acceptors (Lipinski definition) is 2. The van der Waals surface area contributed by atoms with Crippen LogP contribution in [0.3, 0.4) is 0 Å². The minimum Gasteiger partial charge on any atom is -0.341 e. The Balaban J connectivity index is 2.08. The van der Waals surface area contributed by atoms with Crippen molar-refractivity contribution in [2.45, 2.75) is 19.0 Å². The third-order valence-electron chi connectivity index (χ3n) is 3.93. The highest BCUT2D eigenvalue weighted by molar-refractivity contribution is 5.79. The molecular formula is C19H21F3N2O. The van der Waals surface area contributed by atoms with Gasteiger partial charge >= 0.3 is 6.18 Å². The summed E-state index contributed by atoms with van der Waals surface area (Å²) in [4.78, 5) is 14.0. The van der Waals surface area contributed by atoms with E-state index in [0.29, 0.717) is 19.5 Å². The minimum absolute atomic E-state index is 0.0123. The molecule has 0 heterocycles. The van der Waals surface area contributed by atoms with Gasteiger partial charge in [-0.3, -0.25) is 4.79 Å². The normalized spacial score (nSPS) is 11.4. The monoisotopic (exact) mass is 350 g/mol. The van der Waals surface area contributed by atoms with E-state index in [1.165, 1.54) is 23.1 Å². The van der Waals surface area contributed by atoms with Crippen molar-refractivity contribution in [3.63, 3.8) is 0 Å². The highest BCUT2D eigenvalue weighted by atomic mass is 19.4. The third-order valence-corrected chi connectivity index (χ3v) is 3.93. The zero-order valence-electron chi connectivity index (χ0n) is 13.8. The molecule has 0 aliphatic heterocycles. The van der Waals surface area contributed by atoms with E-state index in [1.54, 1.807) is 0 Å². The molecule has 0 atom stereocenters. The Kier molecular flexibility index (Phi) is 6.58. The maximum atomic E-state index is 13.1. The molecule has 2 aromatic carbocycles. The molecule has 0 spiro atoms. The third kappa shape index (κ3) is 5.60. The van der Waals surface area contributed by atoms with Crippen molar-refractivity contribution < 1.29 is 18.0 Å². The van der Waals surface area contributed by atoms with Crippen LogP contribution in [0.5, 0.6) is 0 Å². The summed E-state index contributed by atoms with van der Waals surface area (Å²) in [6.45, 7) is 1.01. The summed E-state index contributed by atoms with van der Waals surface area (Å²) in [5, 5.41) is 0. The molecule has 0 bridgehead atoms. The lowest BCUT2D eigenvalue weighted by Crippen LogP contribution is -2.38. The first-order chi connectivity index (χ1) is 11.9. The van der Waals surface area contributed by atoms with Crippen LogP contribution in [0.2, 0.25) is 0 Å². The number of rotatable bonds is 7. The van der Waals surface area contributed by atoms with Gasteiger partial charge in [0.25, 0.3) is 0 Å². The molecule has 2 rings (SSSR count). The molecule has 0 aliphatic rings. The van der Waals surface area contributed by atoms with Crippen molar-refractivity contribution in [1.29, 1.82) is 0 Å². The van der Waals surface area contributed by atoms with Crippen molar-refractivity contribution >= 4 is 5.91 Å². The van der Waals surface area contributed by atoms with Crippen LogP contribution in [-0.4, -0.2) is 30.4 Å². The van der Waals surface area contributed by atoms with Crippen LogP contribution >= 0.6 is 0 Å². The van der Waals surface area contributed by atoms with E-state index in [4.69, 9.17) is 5.73 Å². The number of carbonyl (C=O) groups excluding carboxylic acids is 1. The fraction of sp³-hybridized carbons (Fsp3) is 0.316. The molecule has 0 radical (unpaired) electrons. The smallest absolute Gasteiger partial charge is 0.341 e. The predicted octanol–water partition coefficient (Wildman–Crippen LogP) is 3.28. The molecule has 0 fully saturated rings. The quantitative estimate of drug-likeness (QED) is 0.833. The van der Waals surface area contributed by atoms with Gasteiger partial charge in [0.1, 0.15) is 0 Å². The Labute approximate surface area is 145 Å². The van der Waals surface area contributed by atoms with Gasteiger partial charge in [-0.05, 0) is 23.6 Å². The molecule has 25 heavy (non-hydrogen) atoms. The maximum absolute atomic E-state index is 13.1. The number of nitrogens with zero attached hydrogens (tertiary/aromatic N) is 1. The second kappa shape index (κ2) is 8.67. The van der Waals surface area contributed by atoms with Gasteiger partial charge in [0, 0.05) is 19.6 Å². The number of hydrogen-bond donors (Lipinski definition) is 1. The molecule has 2 aromatic rings. The van der Waals surface area contributed by atoms with Crippen molar-refractivity contribution in [3.05, 3.63) is 71.3 Å². The molecule has 3 nitrogen and oxygen atoms in total. The molecular weight excluding hydrogens is 329 g/mol. The molecule has 0 saturated heterocycles. The van der Waals surface area contributed by atoms with E-state index in [1.807, 2.05) is 30.3 Å². The SMILES string of the molecule is NCCN(CCc1ccccc1)C(=O)Cc1ccccc1C(F)(F)F. The molecule has 0 aliphatic carbocycles. The van der Waals surface area contributed by atoms with Gasteiger partial charge in [0.2, 0.25) is 5.91 Å². The van der Waals surface area contributed by atoms with Gasteiger partial charge in [-0.1, -0.05) is 48.5 Å². The van der Waals surface area contributed by atoms with Crippen LogP contribution in [0.25, 0.3) is 0 Å². The highest BCUT2D eigenvalue weighted by Crippen LogP contribution is 2.32. The first-order valence-corrected chi connectivity index (χ1v) is 8.08. The summed E-state index contributed by atoms with van der Waals surface area (Å²) in [6.07, 6.45) is -4.13. The molecule has 6 heteroatoms. The van der Waals surface area contributed by atoms with Crippen LogP contribution in [0, 0.1) is 0 Å². The Morgan fingerprint density at radius 2 is 1.60 bits per heavy atom. The van der Waals surface area contributed by atoms with E-state index < -0.39 is 11.7 Å². The summed E-state index contributed by atoms with van der Waals surface area (Å²) in [6, 6.07) is 14.8. The van der Waals surface area contributed by atoms with Gasteiger partial charge in [0.05, 0.1) is 12.0 Å². The van der Waals surface area contributed by atoms with E-state index in [9.17, 15) is 18.0 Å². The summed E-state index contributed by atoms with van der Waals surface area (Å²) < 4.78 is 39.2. The average molecular weight is 350 g/mol. The van der Waals surface area contributed by atoms with Crippen molar-refractivity contribution in [2.24, 2.45) is 5.73 Å². The van der Waals surface area contributed by atoms with Gasteiger partial charge in [-0.25, -0.2) is 0 Å². The molecule has 0 aromatic heterocycles. The van der Waals surface area contributed by atoms with E-state index in [-0.39, 0.29) is 24.4 Å². The topological polar surface area (TPSA) is 46.3 Å². The van der Waals surface area contributed by atoms with Crippen LogP contribution in [-0.2, 0) is 23.8 Å². The van der Waals surface area contributed by atoms with E-state index in [2.05, 4.69) is 0 Å². The van der Waals surface area contributed by atoms with Crippen LogP contribution in [0.1, 0.15) is 16.7 Å². The zero-order valence-corrected chi connectivity index (χ0v) is 13.8.